The van der Waals surface area contributed by atoms with Crippen molar-refractivity contribution in [3.63, 3.8) is 0 Å². The van der Waals surface area contributed by atoms with E-state index in [1.807, 2.05) is 24.3 Å². The van der Waals surface area contributed by atoms with Crippen molar-refractivity contribution < 1.29 is 14.4 Å². The van der Waals surface area contributed by atoms with E-state index < -0.39 is 0 Å². The molecule has 1 fully saturated rings. The Morgan fingerprint density at radius 2 is 2.16 bits per heavy atom. The molecule has 2 atom stereocenters. The molecule has 0 saturated carbocycles. The topological polar surface area (TPSA) is 80.4 Å². The highest BCUT2D eigenvalue weighted by molar-refractivity contribution is 5.55. The summed E-state index contributed by atoms with van der Waals surface area (Å²) >= 11 is 0. The molecule has 0 radical (unpaired) electrons. The van der Waals surface area contributed by atoms with Crippen LogP contribution in [0.3, 0.4) is 0 Å². The first kappa shape index (κ1) is 12.1. The third-order valence-corrected chi connectivity index (χ3v) is 3.20. The molecule has 1 aromatic heterocycles. The van der Waals surface area contributed by atoms with Gasteiger partial charge in [0, 0.05) is 12.1 Å². The summed E-state index contributed by atoms with van der Waals surface area (Å²) < 4.78 is 10.3. The Hall–Kier alpha value is -1.92. The van der Waals surface area contributed by atoms with Crippen molar-refractivity contribution in [3.8, 4) is 17.1 Å². The zero-order chi connectivity index (χ0) is 13.2. The highest BCUT2D eigenvalue weighted by Gasteiger charge is 2.28. The standard InChI is InChI=1S/C13H15N3O3/c1-18-10-4-2-8(3-5-10)12-15-13(19-16-12)11-6-9(17)7-14-11/h2-5,9,11,14,17H,6-7H2,1H3/t9-,11-/m0/s1. The summed E-state index contributed by atoms with van der Waals surface area (Å²) in [6.07, 6.45) is 0.255. The Morgan fingerprint density at radius 3 is 2.79 bits per heavy atom. The van der Waals surface area contributed by atoms with Gasteiger partial charge < -0.3 is 19.7 Å². The van der Waals surface area contributed by atoms with Gasteiger partial charge in [0.25, 0.3) is 0 Å². The molecular weight excluding hydrogens is 246 g/mol. The van der Waals surface area contributed by atoms with E-state index >= 15 is 0 Å². The van der Waals surface area contributed by atoms with Gasteiger partial charge in [0.05, 0.1) is 19.3 Å². The Balaban J connectivity index is 1.80. The van der Waals surface area contributed by atoms with Crippen LogP contribution in [-0.2, 0) is 0 Å². The quantitative estimate of drug-likeness (QED) is 0.862. The molecule has 1 aromatic carbocycles. The van der Waals surface area contributed by atoms with E-state index in [1.54, 1.807) is 7.11 Å². The smallest absolute Gasteiger partial charge is 0.244 e. The molecule has 0 unspecified atom stereocenters. The molecule has 6 heteroatoms. The molecule has 6 nitrogen and oxygen atoms in total. The highest BCUT2D eigenvalue weighted by atomic mass is 16.5. The van der Waals surface area contributed by atoms with Crippen LogP contribution in [-0.4, -0.2) is 35.0 Å². The van der Waals surface area contributed by atoms with Crippen molar-refractivity contribution in [3.05, 3.63) is 30.2 Å². The fourth-order valence-electron chi connectivity index (χ4n) is 2.14. The number of hydrogen-bond acceptors (Lipinski definition) is 6. The second-order valence-electron chi connectivity index (χ2n) is 4.54. The second-order valence-corrected chi connectivity index (χ2v) is 4.54. The highest BCUT2D eigenvalue weighted by Crippen LogP contribution is 2.25. The van der Waals surface area contributed by atoms with Crippen LogP contribution < -0.4 is 10.1 Å². The Kier molecular flexibility index (Phi) is 3.18. The summed E-state index contributed by atoms with van der Waals surface area (Å²) in [5.74, 6) is 1.84. The first-order chi connectivity index (χ1) is 9.26. The summed E-state index contributed by atoms with van der Waals surface area (Å²) in [5.41, 5.74) is 0.870. The van der Waals surface area contributed by atoms with Gasteiger partial charge in [-0.25, -0.2) is 0 Å². The number of nitrogens with one attached hydrogen (secondary N) is 1. The molecule has 0 amide bonds. The van der Waals surface area contributed by atoms with Gasteiger partial charge >= 0.3 is 0 Å². The molecule has 19 heavy (non-hydrogen) atoms. The minimum absolute atomic E-state index is 0.0606. The molecule has 2 N–H and O–H groups in total. The number of hydrogen-bond donors (Lipinski definition) is 2. The number of benzene rings is 1. The molecule has 1 saturated heterocycles. The number of aliphatic hydroxyl groups is 1. The van der Waals surface area contributed by atoms with Crippen LogP contribution in [0.5, 0.6) is 5.75 Å². The number of aliphatic hydroxyl groups excluding tert-OH is 1. The average Bonchev–Trinajstić information content (AvgIpc) is 3.07. The van der Waals surface area contributed by atoms with Crippen LogP contribution in [0.25, 0.3) is 11.4 Å². The Bertz CT molecular complexity index is 553. The zero-order valence-corrected chi connectivity index (χ0v) is 10.5. The van der Waals surface area contributed by atoms with Gasteiger partial charge in [-0.15, -0.1) is 0 Å². The maximum absolute atomic E-state index is 9.48. The SMILES string of the molecule is COc1ccc(-c2noc([C@@H]3C[C@H](O)CN3)n2)cc1. The van der Waals surface area contributed by atoms with Crippen LogP contribution in [0, 0.1) is 0 Å². The van der Waals surface area contributed by atoms with E-state index in [1.165, 1.54) is 0 Å². The number of β-amino-alcohol motifs (C(OH)–C–C–N with tert-alkyl or cyclic N) is 1. The second kappa shape index (κ2) is 4.99. The average molecular weight is 261 g/mol. The van der Waals surface area contributed by atoms with Crippen LogP contribution in [0.15, 0.2) is 28.8 Å². The van der Waals surface area contributed by atoms with E-state index in [0.29, 0.717) is 24.7 Å². The molecule has 0 spiro atoms. The predicted molar refractivity (Wildman–Crippen MR) is 67.7 cm³/mol. The molecule has 1 aliphatic rings. The largest absolute Gasteiger partial charge is 0.497 e. The number of aromatic nitrogens is 2. The number of rotatable bonds is 3. The van der Waals surface area contributed by atoms with E-state index in [2.05, 4.69) is 15.5 Å². The van der Waals surface area contributed by atoms with Gasteiger partial charge in [-0.3, -0.25) is 0 Å². The first-order valence-electron chi connectivity index (χ1n) is 6.16. The molecule has 2 aromatic rings. The predicted octanol–water partition coefficient (Wildman–Crippen LogP) is 1.14. The van der Waals surface area contributed by atoms with E-state index in [4.69, 9.17) is 9.26 Å². The monoisotopic (exact) mass is 261 g/mol. The van der Waals surface area contributed by atoms with Crippen molar-refractivity contribution in [1.82, 2.24) is 15.5 Å². The third kappa shape index (κ3) is 2.45. The van der Waals surface area contributed by atoms with Crippen molar-refractivity contribution in [1.29, 1.82) is 0 Å². The van der Waals surface area contributed by atoms with Crippen molar-refractivity contribution in [2.75, 3.05) is 13.7 Å². The lowest BCUT2D eigenvalue weighted by molar-refractivity contribution is 0.191. The van der Waals surface area contributed by atoms with E-state index in [0.717, 1.165) is 11.3 Å². The number of methoxy groups -OCH3 is 1. The molecule has 100 valence electrons. The van der Waals surface area contributed by atoms with Gasteiger partial charge in [0.15, 0.2) is 0 Å². The molecule has 1 aliphatic heterocycles. The summed E-state index contributed by atoms with van der Waals surface area (Å²) in [6.45, 7) is 0.560. The van der Waals surface area contributed by atoms with Gasteiger partial charge in [-0.05, 0) is 30.7 Å². The van der Waals surface area contributed by atoms with Gasteiger partial charge in [-0.1, -0.05) is 5.16 Å². The fourth-order valence-corrected chi connectivity index (χ4v) is 2.14. The van der Waals surface area contributed by atoms with Crippen molar-refractivity contribution in [2.24, 2.45) is 0 Å². The van der Waals surface area contributed by atoms with E-state index in [9.17, 15) is 5.11 Å². The van der Waals surface area contributed by atoms with Gasteiger partial charge in [0.2, 0.25) is 11.7 Å². The van der Waals surface area contributed by atoms with Crippen LogP contribution in [0.2, 0.25) is 0 Å². The summed E-state index contributed by atoms with van der Waals surface area (Å²) in [6, 6.07) is 7.40. The van der Waals surface area contributed by atoms with Crippen LogP contribution in [0.1, 0.15) is 18.4 Å². The summed E-state index contributed by atoms with van der Waals surface area (Å²) in [5, 5.41) is 16.6. The first-order valence-corrected chi connectivity index (χ1v) is 6.16. The maximum atomic E-state index is 9.48. The van der Waals surface area contributed by atoms with Gasteiger partial charge in [-0.2, -0.15) is 4.98 Å². The molecular formula is C13H15N3O3. The minimum atomic E-state index is -0.346. The lowest BCUT2D eigenvalue weighted by Crippen LogP contribution is -2.15. The normalized spacial score (nSPS) is 22.6. The number of nitrogens with zero attached hydrogens (tertiary/aromatic N) is 2. The maximum Gasteiger partial charge on any atom is 0.244 e. The van der Waals surface area contributed by atoms with Gasteiger partial charge in [0.1, 0.15) is 5.75 Å². The lowest BCUT2D eigenvalue weighted by Gasteiger charge is -2.01. The molecule has 0 bridgehead atoms. The van der Waals surface area contributed by atoms with Crippen LogP contribution in [0.4, 0.5) is 0 Å². The number of ether oxygens (including phenoxy) is 1. The Labute approximate surface area is 110 Å². The third-order valence-electron chi connectivity index (χ3n) is 3.20. The molecule has 0 aliphatic carbocycles. The van der Waals surface area contributed by atoms with E-state index in [-0.39, 0.29) is 12.1 Å². The Morgan fingerprint density at radius 1 is 1.37 bits per heavy atom. The zero-order valence-electron chi connectivity index (χ0n) is 10.5. The molecule has 3 rings (SSSR count). The fraction of sp³-hybridized carbons (Fsp3) is 0.385. The summed E-state index contributed by atoms with van der Waals surface area (Å²) in [7, 11) is 1.62. The van der Waals surface area contributed by atoms with Crippen molar-refractivity contribution >= 4 is 0 Å². The minimum Gasteiger partial charge on any atom is -0.497 e. The molecule has 2 heterocycles. The summed E-state index contributed by atoms with van der Waals surface area (Å²) in [4.78, 5) is 4.36. The van der Waals surface area contributed by atoms with Crippen LogP contribution >= 0.6 is 0 Å². The lowest BCUT2D eigenvalue weighted by atomic mass is 10.2. The van der Waals surface area contributed by atoms with Crippen molar-refractivity contribution in [2.45, 2.75) is 18.6 Å².